The molecule has 0 radical (unpaired) electrons. The molecule has 20 heavy (non-hydrogen) atoms. The molecule has 2 atom stereocenters. The summed E-state index contributed by atoms with van der Waals surface area (Å²) >= 11 is 6.26. The van der Waals surface area contributed by atoms with Crippen LogP contribution in [-0.4, -0.2) is 18.7 Å². The van der Waals surface area contributed by atoms with Gasteiger partial charge in [-0.2, -0.15) is 0 Å². The molecular weight excluding hydrogens is 270 g/mol. The third kappa shape index (κ3) is 2.68. The highest BCUT2D eigenvalue weighted by molar-refractivity contribution is 6.32. The van der Waals surface area contributed by atoms with E-state index >= 15 is 0 Å². The van der Waals surface area contributed by atoms with Gasteiger partial charge in [-0.05, 0) is 44.0 Å². The average molecular weight is 296 g/mol. The third-order valence-electron chi connectivity index (χ3n) is 4.91. The van der Waals surface area contributed by atoms with Crippen LogP contribution in [0.1, 0.15) is 45.6 Å². The van der Waals surface area contributed by atoms with Crippen LogP contribution in [0.5, 0.6) is 5.75 Å². The van der Waals surface area contributed by atoms with Gasteiger partial charge in [-0.25, -0.2) is 0 Å². The van der Waals surface area contributed by atoms with E-state index in [4.69, 9.17) is 16.3 Å². The van der Waals surface area contributed by atoms with Crippen LogP contribution in [0.4, 0.5) is 0 Å². The van der Waals surface area contributed by atoms with Gasteiger partial charge < -0.3 is 10.1 Å². The molecule has 1 aromatic carbocycles. The summed E-state index contributed by atoms with van der Waals surface area (Å²) < 4.78 is 6.26. The fourth-order valence-corrected chi connectivity index (χ4v) is 3.66. The van der Waals surface area contributed by atoms with Crippen LogP contribution >= 0.6 is 11.6 Å². The number of nitrogens with one attached hydrogen (secondary N) is 1. The van der Waals surface area contributed by atoms with Gasteiger partial charge in [-0.3, -0.25) is 0 Å². The third-order valence-corrected chi connectivity index (χ3v) is 5.22. The van der Waals surface area contributed by atoms with Crippen LogP contribution in [0.15, 0.2) is 18.2 Å². The smallest absolute Gasteiger partial charge is 0.138 e. The molecule has 0 aliphatic heterocycles. The molecule has 0 amide bonds. The number of hydrogen-bond acceptors (Lipinski definition) is 2. The highest BCUT2D eigenvalue weighted by atomic mass is 35.5. The molecule has 1 aliphatic carbocycles. The Morgan fingerprint density at radius 3 is 2.60 bits per heavy atom. The van der Waals surface area contributed by atoms with Gasteiger partial charge in [0, 0.05) is 17.9 Å². The van der Waals surface area contributed by atoms with Crippen molar-refractivity contribution in [2.75, 3.05) is 6.54 Å². The van der Waals surface area contributed by atoms with Crippen LogP contribution < -0.4 is 10.1 Å². The fourth-order valence-electron chi connectivity index (χ4n) is 3.50. The normalized spacial score (nSPS) is 24.2. The van der Waals surface area contributed by atoms with E-state index in [0.717, 1.165) is 31.6 Å². The lowest BCUT2D eigenvalue weighted by atomic mass is 9.58. The van der Waals surface area contributed by atoms with E-state index in [0.29, 0.717) is 11.1 Å². The Balaban J connectivity index is 2.15. The zero-order chi connectivity index (χ0) is 14.8. The van der Waals surface area contributed by atoms with E-state index in [9.17, 15) is 0 Å². The second-order valence-electron chi connectivity index (χ2n) is 5.83. The minimum absolute atomic E-state index is 0.239. The molecule has 1 aromatic rings. The van der Waals surface area contributed by atoms with Crippen molar-refractivity contribution in [3.8, 4) is 5.75 Å². The minimum atomic E-state index is 0.239. The maximum absolute atomic E-state index is 6.26. The monoisotopic (exact) mass is 295 g/mol. The van der Waals surface area contributed by atoms with E-state index in [1.807, 2.05) is 18.2 Å². The summed E-state index contributed by atoms with van der Waals surface area (Å²) in [5, 5.41) is 4.32. The van der Waals surface area contributed by atoms with Crippen LogP contribution in [0.3, 0.4) is 0 Å². The molecule has 1 aliphatic rings. The van der Waals surface area contributed by atoms with Crippen molar-refractivity contribution in [1.82, 2.24) is 5.32 Å². The molecule has 1 saturated carbocycles. The van der Waals surface area contributed by atoms with Crippen molar-refractivity contribution in [3.05, 3.63) is 28.8 Å². The van der Waals surface area contributed by atoms with Gasteiger partial charge in [0.25, 0.3) is 0 Å². The second kappa shape index (κ2) is 6.36. The first kappa shape index (κ1) is 15.7. The second-order valence-corrected chi connectivity index (χ2v) is 6.23. The van der Waals surface area contributed by atoms with Crippen molar-refractivity contribution in [2.24, 2.45) is 5.41 Å². The first-order valence-electron chi connectivity index (χ1n) is 7.73. The van der Waals surface area contributed by atoms with Crippen molar-refractivity contribution >= 4 is 11.6 Å². The summed E-state index contributed by atoms with van der Waals surface area (Å²) in [6, 6.07) is 6.55. The molecule has 0 bridgehead atoms. The van der Waals surface area contributed by atoms with Crippen LogP contribution in [0.2, 0.25) is 5.02 Å². The van der Waals surface area contributed by atoms with Crippen molar-refractivity contribution in [3.63, 3.8) is 0 Å². The van der Waals surface area contributed by atoms with E-state index in [-0.39, 0.29) is 11.5 Å². The summed E-state index contributed by atoms with van der Waals surface area (Å²) in [5.74, 6) is 0.831. The molecular formula is C17H26ClNO. The molecule has 1 N–H and O–H groups in total. The quantitative estimate of drug-likeness (QED) is 0.829. The molecule has 112 valence electrons. The Labute approximate surface area is 127 Å². The van der Waals surface area contributed by atoms with Crippen molar-refractivity contribution in [1.29, 1.82) is 0 Å². The maximum atomic E-state index is 6.26. The molecule has 2 rings (SSSR count). The Bertz CT molecular complexity index is 456. The molecule has 2 nitrogen and oxygen atoms in total. The van der Waals surface area contributed by atoms with E-state index < -0.39 is 0 Å². The number of ether oxygens (including phenoxy) is 1. The summed E-state index contributed by atoms with van der Waals surface area (Å²) in [7, 11) is 0. The summed E-state index contributed by atoms with van der Waals surface area (Å²) in [6.07, 6.45) is 3.60. The first-order chi connectivity index (χ1) is 9.57. The van der Waals surface area contributed by atoms with Gasteiger partial charge in [-0.1, -0.05) is 38.4 Å². The predicted molar refractivity (Wildman–Crippen MR) is 85.7 cm³/mol. The maximum Gasteiger partial charge on any atom is 0.138 e. The molecule has 0 saturated heterocycles. The van der Waals surface area contributed by atoms with Crippen LogP contribution in [-0.2, 0) is 0 Å². The Hall–Kier alpha value is -0.730. The number of rotatable bonds is 6. The van der Waals surface area contributed by atoms with Gasteiger partial charge >= 0.3 is 0 Å². The number of halogens is 1. The summed E-state index contributed by atoms with van der Waals surface area (Å²) in [4.78, 5) is 0. The molecule has 0 heterocycles. The average Bonchev–Trinajstić information content (AvgIpc) is 2.43. The fraction of sp³-hybridized carbons (Fsp3) is 0.647. The minimum Gasteiger partial charge on any atom is -0.488 e. The largest absolute Gasteiger partial charge is 0.488 e. The standard InChI is InChI=1S/C17H26ClNO/c1-5-17(6-2)15(19-7-3)11-16(17)20-14-10-12(4)8-9-13(14)18/h8-10,15-16,19H,5-7,11H2,1-4H3. The summed E-state index contributed by atoms with van der Waals surface area (Å²) in [6.45, 7) is 9.78. The first-order valence-corrected chi connectivity index (χ1v) is 8.11. The Morgan fingerprint density at radius 1 is 1.30 bits per heavy atom. The van der Waals surface area contributed by atoms with Crippen molar-refractivity contribution < 1.29 is 4.74 Å². The van der Waals surface area contributed by atoms with E-state index in [1.165, 1.54) is 5.56 Å². The zero-order valence-corrected chi connectivity index (χ0v) is 13.8. The van der Waals surface area contributed by atoms with Gasteiger partial charge in [0.1, 0.15) is 11.9 Å². The van der Waals surface area contributed by atoms with Gasteiger partial charge in [-0.15, -0.1) is 0 Å². The molecule has 0 spiro atoms. The van der Waals surface area contributed by atoms with Crippen LogP contribution in [0, 0.1) is 12.3 Å². The SMILES string of the molecule is CCNC1CC(Oc2cc(C)ccc2Cl)C1(CC)CC. The van der Waals surface area contributed by atoms with Gasteiger partial charge in [0.15, 0.2) is 0 Å². The molecule has 1 fully saturated rings. The Morgan fingerprint density at radius 2 is 2.00 bits per heavy atom. The summed E-state index contributed by atoms with van der Waals surface area (Å²) in [5.41, 5.74) is 1.42. The lowest BCUT2D eigenvalue weighted by Gasteiger charge is -2.55. The number of benzene rings is 1. The van der Waals surface area contributed by atoms with Crippen molar-refractivity contribution in [2.45, 2.75) is 59.1 Å². The predicted octanol–water partition coefficient (Wildman–Crippen LogP) is 4.58. The zero-order valence-electron chi connectivity index (χ0n) is 13.0. The number of hydrogen-bond donors (Lipinski definition) is 1. The highest BCUT2D eigenvalue weighted by Gasteiger charge is 2.53. The molecule has 2 unspecified atom stereocenters. The lowest BCUT2D eigenvalue weighted by molar-refractivity contribution is -0.0854. The van der Waals surface area contributed by atoms with Gasteiger partial charge in [0.2, 0.25) is 0 Å². The van der Waals surface area contributed by atoms with E-state index in [1.54, 1.807) is 0 Å². The van der Waals surface area contributed by atoms with Gasteiger partial charge in [0.05, 0.1) is 5.02 Å². The topological polar surface area (TPSA) is 21.3 Å². The van der Waals surface area contributed by atoms with E-state index in [2.05, 4.69) is 33.0 Å². The highest BCUT2D eigenvalue weighted by Crippen LogP contribution is 2.49. The molecule has 3 heteroatoms. The van der Waals surface area contributed by atoms with Crippen LogP contribution in [0.25, 0.3) is 0 Å². The lowest BCUT2D eigenvalue weighted by Crippen LogP contribution is -2.64. The molecule has 0 aromatic heterocycles. The number of aryl methyl sites for hydroxylation is 1. The Kier molecular flexibility index (Phi) is 4.98.